The first kappa shape index (κ1) is 17.8. The Morgan fingerprint density at radius 2 is 2.13 bits per heavy atom. The summed E-state index contributed by atoms with van der Waals surface area (Å²) in [6.45, 7) is 5.24. The van der Waals surface area contributed by atoms with Crippen molar-refractivity contribution in [1.82, 2.24) is 5.32 Å². The van der Waals surface area contributed by atoms with Crippen LogP contribution in [0.5, 0.6) is 5.75 Å². The van der Waals surface area contributed by atoms with Gasteiger partial charge < -0.3 is 20.1 Å². The molecule has 2 rings (SSSR count). The van der Waals surface area contributed by atoms with Crippen LogP contribution >= 0.6 is 0 Å². The predicted molar refractivity (Wildman–Crippen MR) is 92.0 cm³/mol. The van der Waals surface area contributed by atoms with E-state index in [4.69, 9.17) is 9.47 Å². The quantitative estimate of drug-likeness (QED) is 0.723. The number of carbonyl (C=O) groups excluding carboxylic acids is 1. The maximum absolute atomic E-state index is 11.9. The molecule has 5 nitrogen and oxygen atoms in total. The van der Waals surface area contributed by atoms with E-state index in [0.29, 0.717) is 18.9 Å². The lowest BCUT2D eigenvalue weighted by Crippen LogP contribution is -2.21. The summed E-state index contributed by atoms with van der Waals surface area (Å²) in [5, 5.41) is 5.98. The number of rotatable bonds is 8. The van der Waals surface area contributed by atoms with Crippen molar-refractivity contribution in [1.29, 1.82) is 0 Å². The molecular formula is C18H28N2O3. The van der Waals surface area contributed by atoms with Crippen molar-refractivity contribution in [3.63, 3.8) is 0 Å². The van der Waals surface area contributed by atoms with E-state index >= 15 is 0 Å². The van der Waals surface area contributed by atoms with Crippen LogP contribution in [0.25, 0.3) is 0 Å². The van der Waals surface area contributed by atoms with Crippen LogP contribution in [-0.4, -0.2) is 39.3 Å². The molecule has 1 saturated heterocycles. The molecule has 1 heterocycles. The van der Waals surface area contributed by atoms with Crippen molar-refractivity contribution in [3.05, 3.63) is 23.8 Å². The summed E-state index contributed by atoms with van der Waals surface area (Å²) in [7, 11) is 1.89. The van der Waals surface area contributed by atoms with Crippen LogP contribution < -0.4 is 15.4 Å². The topological polar surface area (TPSA) is 59.6 Å². The molecule has 23 heavy (non-hydrogen) atoms. The van der Waals surface area contributed by atoms with Crippen LogP contribution in [0.1, 0.15) is 31.2 Å². The molecule has 0 radical (unpaired) electrons. The Balaban J connectivity index is 1.86. The zero-order valence-corrected chi connectivity index (χ0v) is 14.2. The van der Waals surface area contributed by atoms with Crippen molar-refractivity contribution >= 4 is 11.6 Å². The summed E-state index contributed by atoms with van der Waals surface area (Å²) in [6.07, 6.45) is 3.47. The van der Waals surface area contributed by atoms with E-state index in [1.807, 2.05) is 32.2 Å². The first-order valence-electron chi connectivity index (χ1n) is 8.44. The van der Waals surface area contributed by atoms with E-state index in [1.54, 1.807) is 0 Å². The lowest BCUT2D eigenvalue weighted by atomic mass is 10.0. The smallest absolute Gasteiger partial charge is 0.224 e. The molecule has 0 aliphatic carbocycles. The molecule has 0 spiro atoms. The molecule has 1 aliphatic heterocycles. The highest BCUT2D eigenvalue weighted by Crippen LogP contribution is 2.25. The SMILES string of the molecule is CNCCCC(=O)Nc1ccc(C)c(OCC2CCOCC2)c1. The molecule has 1 fully saturated rings. The van der Waals surface area contributed by atoms with Gasteiger partial charge in [-0.15, -0.1) is 0 Å². The number of hydrogen-bond donors (Lipinski definition) is 2. The monoisotopic (exact) mass is 320 g/mol. The summed E-state index contributed by atoms with van der Waals surface area (Å²) >= 11 is 0. The molecular weight excluding hydrogens is 292 g/mol. The molecule has 5 heteroatoms. The van der Waals surface area contributed by atoms with Gasteiger partial charge in [0.1, 0.15) is 5.75 Å². The molecule has 1 amide bonds. The first-order chi connectivity index (χ1) is 11.2. The van der Waals surface area contributed by atoms with Gasteiger partial charge >= 0.3 is 0 Å². The van der Waals surface area contributed by atoms with Gasteiger partial charge in [0, 0.05) is 31.4 Å². The Bertz CT molecular complexity index is 499. The summed E-state index contributed by atoms with van der Waals surface area (Å²) in [6, 6.07) is 5.83. The summed E-state index contributed by atoms with van der Waals surface area (Å²) in [4.78, 5) is 11.9. The van der Waals surface area contributed by atoms with E-state index in [-0.39, 0.29) is 5.91 Å². The summed E-state index contributed by atoms with van der Waals surface area (Å²) in [5.74, 6) is 1.45. The summed E-state index contributed by atoms with van der Waals surface area (Å²) < 4.78 is 11.4. The summed E-state index contributed by atoms with van der Waals surface area (Å²) in [5.41, 5.74) is 1.89. The molecule has 0 unspecified atom stereocenters. The van der Waals surface area contributed by atoms with Crippen molar-refractivity contribution in [2.75, 3.05) is 38.7 Å². The van der Waals surface area contributed by atoms with Gasteiger partial charge in [0.05, 0.1) is 6.61 Å². The molecule has 1 aliphatic rings. The zero-order chi connectivity index (χ0) is 16.5. The van der Waals surface area contributed by atoms with Crippen LogP contribution in [-0.2, 0) is 9.53 Å². The van der Waals surface area contributed by atoms with Crippen LogP contribution in [0.2, 0.25) is 0 Å². The van der Waals surface area contributed by atoms with Crippen molar-refractivity contribution in [3.8, 4) is 5.75 Å². The van der Waals surface area contributed by atoms with E-state index in [2.05, 4.69) is 10.6 Å². The number of nitrogens with one attached hydrogen (secondary N) is 2. The van der Waals surface area contributed by atoms with Gasteiger partial charge in [-0.3, -0.25) is 4.79 Å². The van der Waals surface area contributed by atoms with Gasteiger partial charge in [-0.25, -0.2) is 0 Å². The highest BCUT2D eigenvalue weighted by atomic mass is 16.5. The maximum Gasteiger partial charge on any atom is 0.224 e. The highest BCUT2D eigenvalue weighted by molar-refractivity contribution is 5.90. The molecule has 0 saturated carbocycles. The molecule has 0 atom stereocenters. The van der Waals surface area contributed by atoms with Crippen molar-refractivity contribution < 1.29 is 14.3 Å². The zero-order valence-electron chi connectivity index (χ0n) is 14.2. The molecule has 0 bridgehead atoms. The van der Waals surface area contributed by atoms with Crippen LogP contribution in [0, 0.1) is 12.8 Å². The number of carbonyl (C=O) groups is 1. The lowest BCUT2D eigenvalue weighted by Gasteiger charge is -2.22. The minimum absolute atomic E-state index is 0.0412. The highest BCUT2D eigenvalue weighted by Gasteiger charge is 2.15. The molecule has 1 aromatic carbocycles. The van der Waals surface area contributed by atoms with Crippen molar-refractivity contribution in [2.24, 2.45) is 5.92 Å². The number of aryl methyl sites for hydroxylation is 1. The fourth-order valence-electron chi connectivity index (χ4n) is 2.60. The predicted octanol–water partition coefficient (Wildman–Crippen LogP) is 2.74. The Hall–Kier alpha value is -1.59. The number of ether oxygens (including phenoxy) is 2. The molecule has 128 valence electrons. The maximum atomic E-state index is 11.9. The Labute approximate surface area is 138 Å². The van der Waals surface area contributed by atoms with Crippen LogP contribution in [0.4, 0.5) is 5.69 Å². The fraction of sp³-hybridized carbons (Fsp3) is 0.611. The van der Waals surface area contributed by atoms with E-state index in [1.165, 1.54) is 0 Å². The number of benzene rings is 1. The van der Waals surface area contributed by atoms with E-state index in [0.717, 1.165) is 56.0 Å². The van der Waals surface area contributed by atoms with Gasteiger partial charge in [0.25, 0.3) is 0 Å². The van der Waals surface area contributed by atoms with Crippen molar-refractivity contribution in [2.45, 2.75) is 32.6 Å². The first-order valence-corrected chi connectivity index (χ1v) is 8.44. The second-order valence-electron chi connectivity index (χ2n) is 6.10. The Morgan fingerprint density at radius 1 is 1.35 bits per heavy atom. The number of anilines is 1. The van der Waals surface area contributed by atoms with Gasteiger partial charge in [-0.2, -0.15) is 0 Å². The second kappa shape index (κ2) is 9.53. The van der Waals surface area contributed by atoms with Gasteiger partial charge in [0.15, 0.2) is 0 Å². The van der Waals surface area contributed by atoms with Gasteiger partial charge in [-0.1, -0.05) is 6.07 Å². The lowest BCUT2D eigenvalue weighted by molar-refractivity contribution is -0.116. The Morgan fingerprint density at radius 3 is 2.87 bits per heavy atom. The standard InChI is InChI=1S/C18H28N2O3/c1-14-5-6-16(20-18(21)4-3-9-19-2)12-17(14)23-13-15-7-10-22-11-8-15/h5-6,12,15,19H,3-4,7-11,13H2,1-2H3,(H,20,21). The third-order valence-electron chi connectivity index (χ3n) is 4.12. The van der Waals surface area contributed by atoms with Gasteiger partial charge in [0.2, 0.25) is 5.91 Å². The second-order valence-corrected chi connectivity index (χ2v) is 6.10. The average molecular weight is 320 g/mol. The third-order valence-corrected chi connectivity index (χ3v) is 4.12. The van der Waals surface area contributed by atoms with E-state index < -0.39 is 0 Å². The average Bonchev–Trinajstić information content (AvgIpc) is 2.56. The number of amides is 1. The van der Waals surface area contributed by atoms with Crippen LogP contribution in [0.3, 0.4) is 0 Å². The number of hydrogen-bond acceptors (Lipinski definition) is 4. The van der Waals surface area contributed by atoms with Gasteiger partial charge in [-0.05, 0) is 57.3 Å². The van der Waals surface area contributed by atoms with Crippen LogP contribution in [0.15, 0.2) is 18.2 Å². The normalized spacial score (nSPS) is 15.4. The fourth-order valence-corrected chi connectivity index (χ4v) is 2.60. The molecule has 2 N–H and O–H groups in total. The Kier molecular flexibility index (Phi) is 7.36. The minimum Gasteiger partial charge on any atom is -0.493 e. The third kappa shape index (κ3) is 6.20. The largest absolute Gasteiger partial charge is 0.493 e. The molecule has 0 aromatic heterocycles. The molecule has 1 aromatic rings. The van der Waals surface area contributed by atoms with E-state index in [9.17, 15) is 4.79 Å². The minimum atomic E-state index is 0.0412.